The quantitative estimate of drug-likeness (QED) is 0.726. The summed E-state index contributed by atoms with van der Waals surface area (Å²) in [6.45, 7) is 3.74. The minimum atomic E-state index is -0.918. The van der Waals surface area contributed by atoms with E-state index in [1.807, 2.05) is 13.8 Å². The number of carboxylic acids is 1. The van der Waals surface area contributed by atoms with Gasteiger partial charge in [0.05, 0.1) is 6.42 Å². The van der Waals surface area contributed by atoms with Gasteiger partial charge in [0.2, 0.25) is 0 Å². The molecule has 0 aliphatic rings. The maximum atomic E-state index is 10.6. The molecule has 0 aliphatic heterocycles. The Hall–Kier alpha value is -1.55. The maximum Gasteiger partial charge on any atom is 0.305 e. The van der Waals surface area contributed by atoms with Gasteiger partial charge >= 0.3 is 5.97 Å². The van der Waals surface area contributed by atoms with E-state index in [1.54, 1.807) is 12.1 Å². The van der Waals surface area contributed by atoms with Gasteiger partial charge in [-0.2, -0.15) is 0 Å². The zero-order valence-electron chi connectivity index (χ0n) is 9.53. The average molecular weight is 223 g/mol. The van der Waals surface area contributed by atoms with Crippen LogP contribution in [0.4, 0.5) is 0 Å². The van der Waals surface area contributed by atoms with Crippen molar-refractivity contribution >= 4 is 5.97 Å². The minimum Gasteiger partial charge on any atom is -0.508 e. The van der Waals surface area contributed by atoms with Crippen LogP contribution in [0.15, 0.2) is 12.1 Å². The molecular formula is C12H17NO3. The third-order valence-corrected chi connectivity index (χ3v) is 2.64. The van der Waals surface area contributed by atoms with Crippen LogP contribution in [-0.2, 0) is 11.2 Å². The van der Waals surface area contributed by atoms with E-state index in [0.29, 0.717) is 6.42 Å². The van der Waals surface area contributed by atoms with Gasteiger partial charge in [0.25, 0.3) is 0 Å². The lowest BCUT2D eigenvalue weighted by atomic mass is 9.95. The number of phenolic OH excluding ortho intramolecular Hbond substituents is 1. The highest BCUT2D eigenvalue weighted by atomic mass is 16.4. The number of nitrogens with two attached hydrogens (primary N) is 1. The Bertz CT molecular complexity index is 401. The predicted molar refractivity (Wildman–Crippen MR) is 61.4 cm³/mol. The van der Waals surface area contributed by atoms with Gasteiger partial charge in [-0.15, -0.1) is 0 Å². The van der Waals surface area contributed by atoms with E-state index in [4.69, 9.17) is 10.8 Å². The molecule has 1 aromatic rings. The molecule has 0 aromatic heterocycles. The van der Waals surface area contributed by atoms with Gasteiger partial charge in [0.1, 0.15) is 5.75 Å². The lowest BCUT2D eigenvalue weighted by Gasteiger charge is -2.15. The Labute approximate surface area is 94.7 Å². The van der Waals surface area contributed by atoms with Crippen molar-refractivity contribution in [2.75, 3.05) is 0 Å². The fourth-order valence-electron chi connectivity index (χ4n) is 1.74. The molecule has 4 nitrogen and oxygen atoms in total. The number of carbonyl (C=O) groups is 1. The van der Waals surface area contributed by atoms with Crippen LogP contribution in [0, 0.1) is 6.92 Å². The van der Waals surface area contributed by atoms with E-state index in [9.17, 15) is 9.90 Å². The summed E-state index contributed by atoms with van der Waals surface area (Å²) in [4.78, 5) is 10.6. The fraction of sp³-hybridized carbons (Fsp3) is 0.417. The van der Waals surface area contributed by atoms with E-state index < -0.39 is 12.0 Å². The summed E-state index contributed by atoms with van der Waals surface area (Å²) < 4.78 is 0. The number of rotatable bonds is 4. The zero-order valence-corrected chi connectivity index (χ0v) is 9.53. The van der Waals surface area contributed by atoms with Gasteiger partial charge in [-0.3, -0.25) is 4.79 Å². The van der Waals surface area contributed by atoms with Crippen LogP contribution < -0.4 is 5.73 Å². The molecule has 16 heavy (non-hydrogen) atoms. The number of benzene rings is 1. The Morgan fingerprint density at radius 1 is 1.50 bits per heavy atom. The van der Waals surface area contributed by atoms with Crippen LogP contribution in [0.3, 0.4) is 0 Å². The van der Waals surface area contributed by atoms with E-state index in [2.05, 4.69) is 0 Å². The largest absolute Gasteiger partial charge is 0.508 e. The topological polar surface area (TPSA) is 83.6 Å². The van der Waals surface area contributed by atoms with Gasteiger partial charge in [-0.05, 0) is 36.1 Å². The lowest BCUT2D eigenvalue weighted by molar-refractivity contribution is -0.137. The molecule has 4 N–H and O–H groups in total. The third-order valence-electron chi connectivity index (χ3n) is 2.64. The zero-order chi connectivity index (χ0) is 12.3. The van der Waals surface area contributed by atoms with E-state index in [0.717, 1.165) is 16.7 Å². The van der Waals surface area contributed by atoms with E-state index in [-0.39, 0.29) is 12.2 Å². The van der Waals surface area contributed by atoms with Crippen molar-refractivity contribution in [1.29, 1.82) is 0 Å². The number of phenols is 1. The normalized spacial score (nSPS) is 12.4. The molecule has 0 saturated carbocycles. The van der Waals surface area contributed by atoms with Crippen LogP contribution in [0.25, 0.3) is 0 Å². The molecule has 0 heterocycles. The Kier molecular flexibility index (Phi) is 3.90. The number of carboxylic acid groups (broad SMARTS) is 1. The number of hydrogen-bond acceptors (Lipinski definition) is 3. The van der Waals surface area contributed by atoms with Gasteiger partial charge in [0, 0.05) is 6.04 Å². The summed E-state index contributed by atoms with van der Waals surface area (Å²) in [5.74, 6) is -0.677. The molecule has 0 amide bonds. The molecule has 0 fully saturated rings. The smallest absolute Gasteiger partial charge is 0.305 e. The van der Waals surface area contributed by atoms with Gasteiger partial charge in [0.15, 0.2) is 0 Å². The second kappa shape index (κ2) is 4.99. The molecular weight excluding hydrogens is 206 g/mol. The van der Waals surface area contributed by atoms with E-state index in [1.165, 1.54) is 0 Å². The van der Waals surface area contributed by atoms with Crippen molar-refractivity contribution < 1.29 is 15.0 Å². The maximum absolute atomic E-state index is 10.6. The van der Waals surface area contributed by atoms with Crippen LogP contribution in [0.5, 0.6) is 5.75 Å². The van der Waals surface area contributed by atoms with Crippen molar-refractivity contribution in [3.8, 4) is 5.75 Å². The Morgan fingerprint density at radius 3 is 2.62 bits per heavy atom. The Morgan fingerprint density at radius 2 is 2.12 bits per heavy atom. The molecule has 1 rings (SSSR count). The molecule has 1 atom stereocenters. The highest BCUT2D eigenvalue weighted by molar-refractivity contribution is 5.68. The average Bonchev–Trinajstić information content (AvgIpc) is 2.16. The molecule has 0 radical (unpaired) electrons. The summed E-state index contributed by atoms with van der Waals surface area (Å²) >= 11 is 0. The second-order valence-corrected chi connectivity index (χ2v) is 3.90. The molecule has 0 spiro atoms. The summed E-state index contributed by atoms with van der Waals surface area (Å²) in [6.07, 6.45) is 0.591. The summed E-state index contributed by atoms with van der Waals surface area (Å²) in [5.41, 5.74) is 8.21. The lowest BCUT2D eigenvalue weighted by Crippen LogP contribution is -2.16. The number of aromatic hydroxyl groups is 1. The fourth-order valence-corrected chi connectivity index (χ4v) is 1.74. The predicted octanol–water partition coefficient (Wildman–Crippen LogP) is 1.74. The molecule has 4 heteroatoms. The van der Waals surface area contributed by atoms with Crippen molar-refractivity contribution in [2.45, 2.75) is 32.7 Å². The van der Waals surface area contributed by atoms with Crippen molar-refractivity contribution in [3.63, 3.8) is 0 Å². The van der Waals surface area contributed by atoms with Gasteiger partial charge in [-0.1, -0.05) is 13.0 Å². The first-order chi connectivity index (χ1) is 7.45. The van der Waals surface area contributed by atoms with Crippen LogP contribution in [-0.4, -0.2) is 16.2 Å². The summed E-state index contributed by atoms with van der Waals surface area (Å²) in [5, 5.41) is 18.3. The van der Waals surface area contributed by atoms with Crippen LogP contribution in [0.1, 0.15) is 36.1 Å². The minimum absolute atomic E-state index is 0.102. The molecule has 1 aromatic carbocycles. The first-order valence-electron chi connectivity index (χ1n) is 5.25. The molecule has 1 unspecified atom stereocenters. The highest BCUT2D eigenvalue weighted by Gasteiger charge is 2.15. The molecule has 0 bridgehead atoms. The van der Waals surface area contributed by atoms with Crippen LogP contribution in [0.2, 0.25) is 0 Å². The van der Waals surface area contributed by atoms with Crippen molar-refractivity contribution in [1.82, 2.24) is 0 Å². The highest BCUT2D eigenvalue weighted by Crippen LogP contribution is 2.27. The molecule has 0 saturated heterocycles. The summed E-state index contributed by atoms with van der Waals surface area (Å²) in [7, 11) is 0. The van der Waals surface area contributed by atoms with Crippen molar-refractivity contribution in [3.05, 3.63) is 28.8 Å². The van der Waals surface area contributed by atoms with Gasteiger partial charge < -0.3 is 15.9 Å². The number of aliphatic carboxylic acids is 1. The van der Waals surface area contributed by atoms with E-state index >= 15 is 0 Å². The number of aryl methyl sites for hydroxylation is 2. The standard InChI is InChI=1S/C12H17NO3/c1-3-8-5-9(7(2)4-11(8)14)10(13)6-12(15)16/h4-5,10,14H,3,6,13H2,1-2H3,(H,15,16). The summed E-state index contributed by atoms with van der Waals surface area (Å²) in [6, 6.07) is 2.90. The first kappa shape index (κ1) is 12.5. The van der Waals surface area contributed by atoms with Crippen molar-refractivity contribution in [2.24, 2.45) is 5.73 Å². The van der Waals surface area contributed by atoms with Crippen LogP contribution >= 0.6 is 0 Å². The van der Waals surface area contributed by atoms with Gasteiger partial charge in [-0.25, -0.2) is 0 Å². The molecule has 0 aliphatic carbocycles. The monoisotopic (exact) mass is 223 g/mol. The second-order valence-electron chi connectivity index (χ2n) is 3.90. The molecule has 88 valence electrons. The SMILES string of the molecule is CCc1cc(C(N)CC(=O)O)c(C)cc1O. The Balaban J connectivity index is 3.08. The number of hydrogen-bond donors (Lipinski definition) is 3. The third kappa shape index (κ3) is 2.73. The first-order valence-corrected chi connectivity index (χ1v) is 5.25.